The molecule has 118 valence electrons. The second-order valence-corrected chi connectivity index (χ2v) is 5.66. The molecule has 0 radical (unpaired) electrons. The molecular formula is C17H23N3O2. The van der Waals surface area contributed by atoms with Gasteiger partial charge in [-0.3, -0.25) is 9.48 Å². The van der Waals surface area contributed by atoms with Crippen molar-refractivity contribution < 1.29 is 9.53 Å². The fourth-order valence-corrected chi connectivity index (χ4v) is 2.49. The number of ether oxygens (including phenoxy) is 1. The average Bonchev–Trinajstić information content (AvgIpc) is 2.93. The fraction of sp³-hybridized carbons (Fsp3) is 0.412. The van der Waals surface area contributed by atoms with E-state index in [4.69, 9.17) is 4.74 Å². The van der Waals surface area contributed by atoms with Crippen LogP contribution in [0.25, 0.3) is 0 Å². The van der Waals surface area contributed by atoms with Crippen LogP contribution in [0, 0.1) is 13.8 Å². The molecule has 0 unspecified atom stereocenters. The Hall–Kier alpha value is -2.14. The molecular weight excluding hydrogens is 278 g/mol. The summed E-state index contributed by atoms with van der Waals surface area (Å²) in [6.07, 6.45) is 3.74. The van der Waals surface area contributed by atoms with Gasteiger partial charge < -0.3 is 10.1 Å². The van der Waals surface area contributed by atoms with Crippen LogP contribution in [-0.2, 0) is 17.9 Å². The molecule has 0 saturated heterocycles. The quantitative estimate of drug-likeness (QED) is 0.658. The number of aryl methyl sites for hydroxylation is 2. The number of nitrogens with zero attached hydrogens (tertiary/aromatic N) is 2. The summed E-state index contributed by atoms with van der Waals surface area (Å²) in [5.41, 5.74) is 3.14. The molecule has 0 bridgehead atoms. The lowest BCUT2D eigenvalue weighted by atomic mass is 10.1. The molecule has 1 heterocycles. The maximum absolute atomic E-state index is 11.1. The number of carbonyl (C=O) groups is 1. The third-order valence-electron chi connectivity index (χ3n) is 3.44. The van der Waals surface area contributed by atoms with Crippen LogP contribution in [0.5, 0.6) is 5.75 Å². The van der Waals surface area contributed by atoms with Crippen molar-refractivity contribution in [2.75, 3.05) is 0 Å². The van der Waals surface area contributed by atoms with Crippen molar-refractivity contribution in [2.24, 2.45) is 0 Å². The van der Waals surface area contributed by atoms with E-state index in [9.17, 15) is 4.79 Å². The molecule has 1 aromatic heterocycles. The van der Waals surface area contributed by atoms with Crippen molar-refractivity contribution >= 4 is 5.97 Å². The molecule has 0 saturated carbocycles. The van der Waals surface area contributed by atoms with E-state index in [-0.39, 0.29) is 5.97 Å². The number of nitrogens with one attached hydrogen (secondary N) is 1. The summed E-state index contributed by atoms with van der Waals surface area (Å²) in [6.45, 7) is 9.07. The maximum atomic E-state index is 11.1. The summed E-state index contributed by atoms with van der Waals surface area (Å²) in [4.78, 5) is 11.1. The average molecular weight is 301 g/mol. The monoisotopic (exact) mass is 301 g/mol. The van der Waals surface area contributed by atoms with Crippen LogP contribution in [0.3, 0.4) is 0 Å². The molecule has 1 aromatic carbocycles. The molecule has 0 amide bonds. The zero-order valence-electron chi connectivity index (χ0n) is 13.6. The minimum atomic E-state index is -0.287. The van der Waals surface area contributed by atoms with E-state index >= 15 is 0 Å². The van der Waals surface area contributed by atoms with E-state index in [2.05, 4.69) is 29.5 Å². The molecule has 2 rings (SSSR count). The molecule has 5 heteroatoms. The SMILES string of the molecule is CC(=O)Oc1c(C)cc(CN[C@@H](C)Cn2cccn2)cc1C. The number of esters is 1. The Bertz CT molecular complexity index is 612. The Kier molecular flexibility index (Phi) is 5.33. The predicted molar refractivity (Wildman–Crippen MR) is 85.8 cm³/mol. The zero-order chi connectivity index (χ0) is 16.1. The Morgan fingerprint density at radius 3 is 2.59 bits per heavy atom. The molecule has 5 nitrogen and oxygen atoms in total. The third-order valence-corrected chi connectivity index (χ3v) is 3.44. The first kappa shape index (κ1) is 16.2. The van der Waals surface area contributed by atoms with Crippen molar-refractivity contribution in [3.63, 3.8) is 0 Å². The minimum absolute atomic E-state index is 0.287. The highest BCUT2D eigenvalue weighted by Gasteiger charge is 2.09. The number of hydrogen-bond acceptors (Lipinski definition) is 4. The van der Waals surface area contributed by atoms with Gasteiger partial charge in [-0.15, -0.1) is 0 Å². The van der Waals surface area contributed by atoms with E-state index in [1.807, 2.05) is 30.8 Å². The highest BCUT2D eigenvalue weighted by atomic mass is 16.5. The van der Waals surface area contributed by atoms with Crippen molar-refractivity contribution in [1.29, 1.82) is 0 Å². The zero-order valence-corrected chi connectivity index (χ0v) is 13.6. The highest BCUT2D eigenvalue weighted by molar-refractivity contribution is 5.70. The summed E-state index contributed by atoms with van der Waals surface area (Å²) < 4.78 is 7.17. The largest absolute Gasteiger partial charge is 0.426 e. The van der Waals surface area contributed by atoms with Gasteiger partial charge in [-0.2, -0.15) is 5.10 Å². The normalized spacial score (nSPS) is 12.2. The van der Waals surface area contributed by atoms with E-state index in [0.717, 1.165) is 24.2 Å². The first-order valence-corrected chi connectivity index (χ1v) is 7.45. The number of hydrogen-bond donors (Lipinski definition) is 1. The maximum Gasteiger partial charge on any atom is 0.308 e. The molecule has 1 N–H and O–H groups in total. The van der Waals surface area contributed by atoms with E-state index in [1.165, 1.54) is 12.5 Å². The predicted octanol–water partition coefficient (Wildman–Crippen LogP) is 2.60. The van der Waals surface area contributed by atoms with Gasteiger partial charge in [0.15, 0.2) is 0 Å². The fourth-order valence-electron chi connectivity index (χ4n) is 2.49. The topological polar surface area (TPSA) is 56.1 Å². The Morgan fingerprint density at radius 2 is 2.05 bits per heavy atom. The number of benzene rings is 1. The number of rotatable bonds is 6. The van der Waals surface area contributed by atoms with E-state index in [1.54, 1.807) is 6.20 Å². The van der Waals surface area contributed by atoms with Gasteiger partial charge in [0, 0.05) is 31.9 Å². The lowest BCUT2D eigenvalue weighted by Gasteiger charge is -2.16. The summed E-state index contributed by atoms with van der Waals surface area (Å²) in [5, 5.41) is 7.69. The summed E-state index contributed by atoms with van der Waals surface area (Å²) in [5.74, 6) is 0.380. The van der Waals surface area contributed by atoms with E-state index < -0.39 is 0 Å². The van der Waals surface area contributed by atoms with Crippen LogP contribution in [0.15, 0.2) is 30.6 Å². The Morgan fingerprint density at radius 1 is 1.36 bits per heavy atom. The summed E-state index contributed by atoms with van der Waals surface area (Å²) in [7, 11) is 0. The van der Waals surface area contributed by atoms with E-state index in [0.29, 0.717) is 11.8 Å². The Balaban J connectivity index is 1.97. The standard InChI is InChI=1S/C17H23N3O2/c1-12-8-16(9-13(2)17(12)22-15(4)21)10-18-14(3)11-20-7-5-6-19-20/h5-9,14,18H,10-11H2,1-4H3/t14-/m0/s1. The van der Waals surface area contributed by atoms with Gasteiger partial charge in [0.25, 0.3) is 0 Å². The minimum Gasteiger partial charge on any atom is -0.426 e. The van der Waals surface area contributed by atoms with Gasteiger partial charge in [-0.1, -0.05) is 12.1 Å². The van der Waals surface area contributed by atoms with Crippen molar-refractivity contribution in [3.05, 3.63) is 47.3 Å². The van der Waals surface area contributed by atoms with Crippen LogP contribution in [0.2, 0.25) is 0 Å². The van der Waals surface area contributed by atoms with Gasteiger partial charge in [-0.25, -0.2) is 0 Å². The lowest BCUT2D eigenvalue weighted by molar-refractivity contribution is -0.131. The first-order chi connectivity index (χ1) is 10.5. The first-order valence-electron chi connectivity index (χ1n) is 7.45. The van der Waals surface area contributed by atoms with Crippen molar-refractivity contribution in [1.82, 2.24) is 15.1 Å². The Labute approximate surface area is 131 Å². The number of aromatic nitrogens is 2. The molecule has 2 aromatic rings. The lowest BCUT2D eigenvalue weighted by Crippen LogP contribution is -2.30. The summed E-state index contributed by atoms with van der Waals surface area (Å²) >= 11 is 0. The third kappa shape index (κ3) is 4.43. The molecule has 22 heavy (non-hydrogen) atoms. The van der Waals surface area contributed by atoms with Crippen LogP contribution < -0.4 is 10.1 Å². The van der Waals surface area contributed by atoms with Gasteiger partial charge in [-0.05, 0) is 43.5 Å². The smallest absolute Gasteiger partial charge is 0.308 e. The van der Waals surface area contributed by atoms with Gasteiger partial charge in [0.1, 0.15) is 5.75 Å². The molecule has 0 aliphatic rings. The van der Waals surface area contributed by atoms with Crippen molar-refractivity contribution in [2.45, 2.75) is 46.8 Å². The molecule has 0 spiro atoms. The van der Waals surface area contributed by atoms with Crippen LogP contribution in [0.4, 0.5) is 0 Å². The highest BCUT2D eigenvalue weighted by Crippen LogP contribution is 2.25. The van der Waals surface area contributed by atoms with Crippen LogP contribution in [0.1, 0.15) is 30.5 Å². The van der Waals surface area contributed by atoms with Crippen molar-refractivity contribution in [3.8, 4) is 5.75 Å². The summed E-state index contributed by atoms with van der Waals surface area (Å²) in [6, 6.07) is 6.35. The molecule has 0 fully saturated rings. The molecule has 1 atom stereocenters. The second kappa shape index (κ2) is 7.22. The van der Waals surface area contributed by atoms with Crippen LogP contribution >= 0.6 is 0 Å². The second-order valence-electron chi connectivity index (χ2n) is 5.66. The van der Waals surface area contributed by atoms with Gasteiger partial charge >= 0.3 is 5.97 Å². The number of carbonyl (C=O) groups excluding carboxylic acids is 1. The molecule has 0 aliphatic heterocycles. The van der Waals surface area contributed by atoms with Crippen LogP contribution in [-0.4, -0.2) is 21.8 Å². The van der Waals surface area contributed by atoms with Gasteiger partial charge in [0.05, 0.1) is 6.54 Å². The van der Waals surface area contributed by atoms with Gasteiger partial charge in [0.2, 0.25) is 0 Å². The molecule has 0 aliphatic carbocycles.